The molecule has 0 amide bonds. The summed E-state index contributed by atoms with van der Waals surface area (Å²) in [6.07, 6.45) is 6.06. The van der Waals surface area contributed by atoms with E-state index < -0.39 is 0 Å². The number of nitrogens with one attached hydrogen (secondary N) is 1. The van der Waals surface area contributed by atoms with Crippen molar-refractivity contribution in [2.75, 3.05) is 39.4 Å². The SMILES string of the molecule is CC(O)C1CCN(CC2(CNC3CC3)CCOC2)CC1. The molecule has 2 atom stereocenters. The molecule has 116 valence electrons. The second-order valence-electron chi connectivity index (χ2n) is 7.31. The molecule has 1 aliphatic carbocycles. The highest BCUT2D eigenvalue weighted by molar-refractivity contribution is 4.93. The minimum atomic E-state index is -0.141. The Hall–Kier alpha value is -0.160. The van der Waals surface area contributed by atoms with Crippen LogP contribution >= 0.6 is 0 Å². The molecule has 1 saturated carbocycles. The van der Waals surface area contributed by atoms with Gasteiger partial charge in [-0.2, -0.15) is 0 Å². The molecule has 0 radical (unpaired) electrons. The van der Waals surface area contributed by atoms with Gasteiger partial charge >= 0.3 is 0 Å². The molecular weight excluding hydrogens is 252 g/mol. The van der Waals surface area contributed by atoms with Crippen LogP contribution in [0.1, 0.15) is 39.0 Å². The van der Waals surface area contributed by atoms with Crippen LogP contribution in [0.3, 0.4) is 0 Å². The fourth-order valence-electron chi connectivity index (χ4n) is 3.69. The topological polar surface area (TPSA) is 44.7 Å². The van der Waals surface area contributed by atoms with Crippen LogP contribution in [0.2, 0.25) is 0 Å². The Bertz CT molecular complexity index is 304. The first-order valence-corrected chi connectivity index (χ1v) is 8.38. The monoisotopic (exact) mass is 282 g/mol. The van der Waals surface area contributed by atoms with E-state index in [2.05, 4.69) is 10.2 Å². The van der Waals surface area contributed by atoms with Gasteiger partial charge in [-0.15, -0.1) is 0 Å². The molecule has 2 N–H and O–H groups in total. The summed E-state index contributed by atoms with van der Waals surface area (Å²) in [6.45, 7) is 8.35. The molecule has 20 heavy (non-hydrogen) atoms. The summed E-state index contributed by atoms with van der Waals surface area (Å²) < 4.78 is 5.71. The van der Waals surface area contributed by atoms with Gasteiger partial charge in [0.05, 0.1) is 12.7 Å². The quantitative estimate of drug-likeness (QED) is 0.769. The van der Waals surface area contributed by atoms with Gasteiger partial charge in [0.25, 0.3) is 0 Å². The Kier molecular flexibility index (Phi) is 4.65. The number of likely N-dealkylation sites (tertiary alicyclic amines) is 1. The van der Waals surface area contributed by atoms with Gasteiger partial charge in [-0.3, -0.25) is 0 Å². The number of aliphatic hydroxyl groups excluding tert-OH is 1. The van der Waals surface area contributed by atoms with Crippen LogP contribution in [0.5, 0.6) is 0 Å². The molecule has 2 saturated heterocycles. The molecule has 2 aliphatic heterocycles. The highest BCUT2D eigenvalue weighted by atomic mass is 16.5. The summed E-state index contributed by atoms with van der Waals surface area (Å²) in [4.78, 5) is 2.60. The van der Waals surface area contributed by atoms with Crippen molar-refractivity contribution in [1.82, 2.24) is 10.2 Å². The van der Waals surface area contributed by atoms with E-state index in [9.17, 15) is 5.11 Å². The number of hydrogen-bond acceptors (Lipinski definition) is 4. The second kappa shape index (κ2) is 6.30. The van der Waals surface area contributed by atoms with Crippen LogP contribution in [0, 0.1) is 11.3 Å². The number of rotatable bonds is 6. The Morgan fingerprint density at radius 2 is 2.05 bits per heavy atom. The summed E-state index contributed by atoms with van der Waals surface area (Å²) >= 11 is 0. The number of aliphatic hydroxyl groups is 1. The van der Waals surface area contributed by atoms with Crippen molar-refractivity contribution in [3.05, 3.63) is 0 Å². The number of ether oxygens (including phenoxy) is 1. The fraction of sp³-hybridized carbons (Fsp3) is 1.00. The van der Waals surface area contributed by atoms with E-state index in [1.54, 1.807) is 0 Å². The maximum Gasteiger partial charge on any atom is 0.0547 e. The highest BCUT2D eigenvalue weighted by Crippen LogP contribution is 2.32. The zero-order valence-corrected chi connectivity index (χ0v) is 12.8. The van der Waals surface area contributed by atoms with Gasteiger partial charge in [0.15, 0.2) is 0 Å². The summed E-state index contributed by atoms with van der Waals surface area (Å²) in [5.74, 6) is 0.506. The predicted molar refractivity (Wildman–Crippen MR) is 79.7 cm³/mol. The molecule has 4 nitrogen and oxygen atoms in total. The highest BCUT2D eigenvalue weighted by Gasteiger charge is 2.38. The third-order valence-corrected chi connectivity index (χ3v) is 5.40. The van der Waals surface area contributed by atoms with E-state index in [1.165, 1.54) is 25.8 Å². The van der Waals surface area contributed by atoms with Crippen LogP contribution in [-0.2, 0) is 4.74 Å². The lowest BCUT2D eigenvalue weighted by Gasteiger charge is -2.39. The van der Waals surface area contributed by atoms with Crippen LogP contribution in [0.4, 0.5) is 0 Å². The first-order valence-electron chi connectivity index (χ1n) is 8.38. The lowest BCUT2D eigenvalue weighted by molar-refractivity contribution is 0.0474. The lowest BCUT2D eigenvalue weighted by atomic mass is 9.84. The Morgan fingerprint density at radius 3 is 2.60 bits per heavy atom. The molecule has 3 rings (SSSR count). The molecule has 3 aliphatic rings. The van der Waals surface area contributed by atoms with Crippen molar-refractivity contribution in [2.45, 2.75) is 51.2 Å². The largest absolute Gasteiger partial charge is 0.393 e. The molecule has 0 aromatic carbocycles. The van der Waals surface area contributed by atoms with Gasteiger partial charge in [0.1, 0.15) is 0 Å². The van der Waals surface area contributed by atoms with Crippen LogP contribution in [0.15, 0.2) is 0 Å². The van der Waals surface area contributed by atoms with Gasteiger partial charge in [0, 0.05) is 31.2 Å². The maximum absolute atomic E-state index is 9.70. The molecule has 0 spiro atoms. The minimum Gasteiger partial charge on any atom is -0.393 e. The first-order chi connectivity index (χ1) is 9.67. The number of nitrogens with zero attached hydrogens (tertiary/aromatic N) is 1. The van der Waals surface area contributed by atoms with E-state index in [0.717, 1.165) is 51.7 Å². The third kappa shape index (κ3) is 3.73. The average molecular weight is 282 g/mol. The maximum atomic E-state index is 9.70. The van der Waals surface area contributed by atoms with E-state index >= 15 is 0 Å². The molecule has 4 heteroatoms. The molecule has 0 aromatic heterocycles. The molecule has 0 aromatic rings. The van der Waals surface area contributed by atoms with Crippen LogP contribution < -0.4 is 5.32 Å². The van der Waals surface area contributed by atoms with E-state index in [1.807, 2.05) is 6.92 Å². The van der Waals surface area contributed by atoms with Crippen molar-refractivity contribution < 1.29 is 9.84 Å². The van der Waals surface area contributed by atoms with Gasteiger partial charge in [-0.1, -0.05) is 0 Å². The summed E-state index contributed by atoms with van der Waals surface area (Å²) in [7, 11) is 0. The average Bonchev–Trinajstić information content (AvgIpc) is 3.17. The van der Waals surface area contributed by atoms with E-state index in [0.29, 0.717) is 11.3 Å². The predicted octanol–water partition coefficient (Wildman–Crippen LogP) is 1.24. The molecule has 2 heterocycles. The first kappa shape index (κ1) is 14.8. The summed E-state index contributed by atoms with van der Waals surface area (Å²) in [6, 6.07) is 0.786. The van der Waals surface area contributed by atoms with Crippen LogP contribution in [0.25, 0.3) is 0 Å². The fourth-order valence-corrected chi connectivity index (χ4v) is 3.69. The van der Waals surface area contributed by atoms with Gasteiger partial charge < -0.3 is 20.1 Å². The van der Waals surface area contributed by atoms with Crippen molar-refractivity contribution in [3.63, 3.8) is 0 Å². The zero-order chi connectivity index (χ0) is 14.0. The molecule has 0 bridgehead atoms. The molecule has 3 fully saturated rings. The third-order valence-electron chi connectivity index (χ3n) is 5.40. The van der Waals surface area contributed by atoms with E-state index in [-0.39, 0.29) is 6.10 Å². The van der Waals surface area contributed by atoms with Crippen molar-refractivity contribution in [1.29, 1.82) is 0 Å². The second-order valence-corrected chi connectivity index (χ2v) is 7.31. The lowest BCUT2D eigenvalue weighted by Crippen LogP contribution is -2.48. The zero-order valence-electron chi connectivity index (χ0n) is 12.8. The van der Waals surface area contributed by atoms with Crippen molar-refractivity contribution >= 4 is 0 Å². The normalized spacial score (nSPS) is 34.5. The number of hydrogen-bond donors (Lipinski definition) is 2. The standard InChI is InChI=1S/C16H30N2O2/c1-13(19)14-4-7-18(8-5-14)11-16(6-9-20-12-16)10-17-15-2-3-15/h13-15,17,19H,2-12H2,1H3. The minimum absolute atomic E-state index is 0.141. The smallest absolute Gasteiger partial charge is 0.0547 e. The van der Waals surface area contributed by atoms with Gasteiger partial charge in [0.2, 0.25) is 0 Å². The number of piperidine rings is 1. The summed E-state index contributed by atoms with van der Waals surface area (Å²) in [5, 5.41) is 13.4. The van der Waals surface area contributed by atoms with Gasteiger partial charge in [-0.25, -0.2) is 0 Å². The van der Waals surface area contributed by atoms with Crippen molar-refractivity contribution in [3.8, 4) is 0 Å². The Labute approximate surface area is 122 Å². The Balaban J connectivity index is 1.49. The Morgan fingerprint density at radius 1 is 1.30 bits per heavy atom. The molecule has 2 unspecified atom stereocenters. The molecular formula is C16H30N2O2. The van der Waals surface area contributed by atoms with Gasteiger partial charge in [-0.05, 0) is 58.0 Å². The van der Waals surface area contributed by atoms with E-state index in [4.69, 9.17) is 4.74 Å². The van der Waals surface area contributed by atoms with Crippen molar-refractivity contribution in [2.24, 2.45) is 11.3 Å². The van der Waals surface area contributed by atoms with Crippen LogP contribution in [-0.4, -0.2) is 61.5 Å². The summed E-state index contributed by atoms with van der Waals surface area (Å²) in [5.41, 5.74) is 0.334.